The largest absolute Gasteiger partial charge is 0.382 e. The van der Waals surface area contributed by atoms with Gasteiger partial charge < -0.3 is 16.4 Å². The quantitative estimate of drug-likeness (QED) is 0.666. The summed E-state index contributed by atoms with van der Waals surface area (Å²) in [6.07, 6.45) is 0. The van der Waals surface area contributed by atoms with Gasteiger partial charge in [0.15, 0.2) is 5.82 Å². The van der Waals surface area contributed by atoms with Gasteiger partial charge in [-0.3, -0.25) is 4.79 Å². The SMILES string of the molecule is CCN(CC(N)=O)c1ccc(N)nn1. The molecule has 6 heteroatoms. The normalized spacial score (nSPS) is 9.79. The van der Waals surface area contributed by atoms with E-state index in [0.29, 0.717) is 18.2 Å². The molecule has 0 saturated carbocycles. The van der Waals surface area contributed by atoms with Crippen molar-refractivity contribution in [1.82, 2.24) is 10.2 Å². The predicted molar refractivity (Wildman–Crippen MR) is 53.5 cm³/mol. The second-order valence-corrected chi connectivity index (χ2v) is 2.80. The van der Waals surface area contributed by atoms with Crippen molar-refractivity contribution in [1.29, 1.82) is 0 Å². The summed E-state index contributed by atoms with van der Waals surface area (Å²) in [5.41, 5.74) is 10.5. The minimum atomic E-state index is -0.398. The van der Waals surface area contributed by atoms with E-state index < -0.39 is 5.91 Å². The fraction of sp³-hybridized carbons (Fsp3) is 0.375. The first-order valence-corrected chi connectivity index (χ1v) is 4.26. The van der Waals surface area contributed by atoms with Gasteiger partial charge in [0.05, 0.1) is 6.54 Å². The molecule has 1 amide bonds. The second-order valence-electron chi connectivity index (χ2n) is 2.80. The van der Waals surface area contributed by atoms with Crippen LogP contribution >= 0.6 is 0 Å². The van der Waals surface area contributed by atoms with Crippen LogP contribution in [0.1, 0.15) is 6.92 Å². The molecule has 4 N–H and O–H groups in total. The van der Waals surface area contributed by atoms with Gasteiger partial charge >= 0.3 is 0 Å². The van der Waals surface area contributed by atoms with Crippen molar-refractivity contribution >= 4 is 17.5 Å². The fourth-order valence-electron chi connectivity index (χ4n) is 1.05. The molecule has 0 atom stereocenters. The second kappa shape index (κ2) is 4.40. The first kappa shape index (κ1) is 10.2. The number of hydrogen-bond acceptors (Lipinski definition) is 5. The molecule has 0 saturated heterocycles. The lowest BCUT2D eigenvalue weighted by Gasteiger charge is -2.18. The van der Waals surface area contributed by atoms with Crippen LogP contribution in [-0.2, 0) is 4.79 Å². The molecule has 0 aliphatic rings. The van der Waals surface area contributed by atoms with E-state index in [1.165, 1.54) is 0 Å². The Hall–Kier alpha value is -1.85. The van der Waals surface area contributed by atoms with E-state index in [1.807, 2.05) is 6.92 Å². The van der Waals surface area contributed by atoms with Crippen molar-refractivity contribution < 1.29 is 4.79 Å². The fourth-order valence-corrected chi connectivity index (χ4v) is 1.05. The Kier molecular flexibility index (Phi) is 3.22. The van der Waals surface area contributed by atoms with Crippen LogP contribution in [0.3, 0.4) is 0 Å². The van der Waals surface area contributed by atoms with Gasteiger partial charge in [0.1, 0.15) is 5.82 Å². The lowest BCUT2D eigenvalue weighted by atomic mass is 10.4. The average molecular weight is 195 g/mol. The van der Waals surface area contributed by atoms with Gasteiger partial charge in [0.25, 0.3) is 0 Å². The third-order valence-electron chi connectivity index (χ3n) is 1.72. The number of nitrogens with two attached hydrogens (primary N) is 2. The molecule has 0 fully saturated rings. The minimum Gasteiger partial charge on any atom is -0.382 e. The van der Waals surface area contributed by atoms with Gasteiger partial charge in [-0.2, -0.15) is 0 Å². The monoisotopic (exact) mass is 195 g/mol. The zero-order valence-corrected chi connectivity index (χ0v) is 7.97. The Bertz CT molecular complexity index is 310. The molecule has 0 radical (unpaired) electrons. The number of nitrogen functional groups attached to an aromatic ring is 1. The van der Waals surface area contributed by atoms with Crippen LogP contribution < -0.4 is 16.4 Å². The van der Waals surface area contributed by atoms with Crippen LogP contribution in [-0.4, -0.2) is 29.2 Å². The van der Waals surface area contributed by atoms with Crippen molar-refractivity contribution in [2.45, 2.75) is 6.92 Å². The van der Waals surface area contributed by atoms with Gasteiger partial charge in [-0.15, -0.1) is 10.2 Å². The van der Waals surface area contributed by atoms with E-state index in [0.717, 1.165) is 0 Å². The van der Waals surface area contributed by atoms with E-state index in [1.54, 1.807) is 17.0 Å². The number of hydrogen-bond donors (Lipinski definition) is 2. The Morgan fingerprint density at radius 1 is 1.50 bits per heavy atom. The van der Waals surface area contributed by atoms with Crippen molar-refractivity contribution in [3.63, 3.8) is 0 Å². The van der Waals surface area contributed by atoms with Crippen molar-refractivity contribution in [2.24, 2.45) is 5.73 Å². The van der Waals surface area contributed by atoms with E-state index in [2.05, 4.69) is 10.2 Å². The topological polar surface area (TPSA) is 98.1 Å². The summed E-state index contributed by atoms with van der Waals surface area (Å²) in [4.78, 5) is 12.4. The van der Waals surface area contributed by atoms with E-state index >= 15 is 0 Å². The lowest BCUT2D eigenvalue weighted by Crippen LogP contribution is -2.34. The number of primary amides is 1. The molecule has 0 aliphatic heterocycles. The predicted octanol–water partition coefficient (Wildman–Crippen LogP) is -0.630. The molecule has 0 spiro atoms. The molecule has 0 unspecified atom stereocenters. The standard InChI is InChI=1S/C8H13N5O/c1-2-13(5-7(10)14)8-4-3-6(9)11-12-8/h3-4H,2,5H2,1H3,(H2,9,11)(H2,10,14). The zero-order valence-electron chi connectivity index (χ0n) is 7.97. The molecule has 6 nitrogen and oxygen atoms in total. The minimum absolute atomic E-state index is 0.134. The molecule has 1 aromatic rings. The van der Waals surface area contributed by atoms with Gasteiger partial charge in [-0.25, -0.2) is 0 Å². The third-order valence-corrected chi connectivity index (χ3v) is 1.72. The number of anilines is 2. The molecule has 76 valence electrons. The third kappa shape index (κ3) is 2.58. The first-order valence-electron chi connectivity index (χ1n) is 4.26. The van der Waals surface area contributed by atoms with Crippen LogP contribution in [0.2, 0.25) is 0 Å². The maximum absolute atomic E-state index is 10.7. The number of aromatic nitrogens is 2. The van der Waals surface area contributed by atoms with Crippen LogP contribution in [0, 0.1) is 0 Å². The molecular formula is C8H13N5O. The molecule has 0 aromatic carbocycles. The van der Waals surface area contributed by atoms with Crippen molar-refractivity contribution in [2.75, 3.05) is 23.7 Å². The summed E-state index contributed by atoms with van der Waals surface area (Å²) in [7, 11) is 0. The summed E-state index contributed by atoms with van der Waals surface area (Å²) in [6, 6.07) is 3.33. The Balaban J connectivity index is 2.78. The number of nitrogens with zero attached hydrogens (tertiary/aromatic N) is 3. The Morgan fingerprint density at radius 2 is 2.21 bits per heavy atom. The lowest BCUT2D eigenvalue weighted by molar-refractivity contribution is -0.116. The first-order chi connectivity index (χ1) is 6.63. The van der Waals surface area contributed by atoms with Crippen LogP contribution in [0.5, 0.6) is 0 Å². The number of rotatable bonds is 4. The number of carbonyl (C=O) groups is 1. The van der Waals surface area contributed by atoms with Crippen LogP contribution in [0.15, 0.2) is 12.1 Å². The Morgan fingerprint density at radius 3 is 2.64 bits per heavy atom. The molecule has 1 rings (SSSR count). The average Bonchev–Trinajstić information content (AvgIpc) is 2.15. The summed E-state index contributed by atoms with van der Waals surface area (Å²) in [6.45, 7) is 2.68. The number of carbonyl (C=O) groups excluding carboxylic acids is 1. The van der Waals surface area contributed by atoms with Crippen LogP contribution in [0.25, 0.3) is 0 Å². The van der Waals surface area contributed by atoms with Crippen molar-refractivity contribution in [3.8, 4) is 0 Å². The van der Waals surface area contributed by atoms with Gasteiger partial charge in [-0.1, -0.05) is 0 Å². The summed E-state index contributed by atoms with van der Waals surface area (Å²) in [5.74, 6) is 0.551. The molecular weight excluding hydrogens is 182 g/mol. The molecule has 1 aromatic heterocycles. The smallest absolute Gasteiger partial charge is 0.236 e. The van der Waals surface area contributed by atoms with Crippen molar-refractivity contribution in [3.05, 3.63) is 12.1 Å². The van der Waals surface area contributed by atoms with Gasteiger partial charge in [0.2, 0.25) is 5.91 Å². The maximum Gasteiger partial charge on any atom is 0.236 e. The molecule has 0 aliphatic carbocycles. The highest BCUT2D eigenvalue weighted by Gasteiger charge is 2.08. The highest BCUT2D eigenvalue weighted by molar-refractivity contribution is 5.79. The van der Waals surface area contributed by atoms with Gasteiger partial charge in [-0.05, 0) is 19.1 Å². The van der Waals surface area contributed by atoms with E-state index in [9.17, 15) is 4.79 Å². The molecule has 1 heterocycles. The summed E-state index contributed by atoms with van der Waals surface area (Å²) in [5, 5.41) is 7.53. The maximum atomic E-state index is 10.7. The Labute approximate surface area is 81.9 Å². The highest BCUT2D eigenvalue weighted by Crippen LogP contribution is 2.08. The van der Waals surface area contributed by atoms with Crippen LogP contribution in [0.4, 0.5) is 11.6 Å². The van der Waals surface area contributed by atoms with E-state index in [4.69, 9.17) is 11.5 Å². The van der Waals surface area contributed by atoms with E-state index in [-0.39, 0.29) is 6.54 Å². The molecule has 0 bridgehead atoms. The summed E-state index contributed by atoms with van der Waals surface area (Å²) < 4.78 is 0. The zero-order chi connectivity index (χ0) is 10.6. The number of likely N-dealkylation sites (N-methyl/N-ethyl adjacent to an activating group) is 1. The number of amides is 1. The highest BCUT2D eigenvalue weighted by atomic mass is 16.1. The summed E-state index contributed by atoms with van der Waals surface area (Å²) >= 11 is 0. The molecule has 14 heavy (non-hydrogen) atoms. The van der Waals surface area contributed by atoms with Gasteiger partial charge in [0, 0.05) is 6.54 Å².